The van der Waals surface area contributed by atoms with Crippen LogP contribution in [0.5, 0.6) is 0 Å². The molecule has 0 radical (unpaired) electrons. The summed E-state index contributed by atoms with van der Waals surface area (Å²) in [4.78, 5) is 2.53. The van der Waals surface area contributed by atoms with E-state index in [2.05, 4.69) is 30.8 Å². The van der Waals surface area contributed by atoms with Crippen LogP contribution in [0.1, 0.15) is 98.6 Å². The van der Waals surface area contributed by atoms with Gasteiger partial charge in [-0.15, -0.1) is 0 Å². The number of hydrogen-bond acceptors (Lipinski definition) is 5. The van der Waals surface area contributed by atoms with Gasteiger partial charge in [-0.3, -0.25) is 0 Å². The van der Waals surface area contributed by atoms with E-state index in [-0.39, 0.29) is 11.9 Å². The van der Waals surface area contributed by atoms with Crippen LogP contribution in [0.25, 0.3) is 11.0 Å². The van der Waals surface area contributed by atoms with Crippen molar-refractivity contribution in [1.82, 2.24) is 10.1 Å². The second kappa shape index (κ2) is 17.5. The minimum absolute atomic E-state index is 0.179. The van der Waals surface area contributed by atoms with E-state index < -0.39 is 0 Å². The first kappa shape index (κ1) is 31.1. The van der Waals surface area contributed by atoms with Gasteiger partial charge in [0, 0.05) is 30.4 Å². The van der Waals surface area contributed by atoms with Crippen LogP contribution in [-0.2, 0) is 9.47 Å². The summed E-state index contributed by atoms with van der Waals surface area (Å²) >= 11 is 0. The van der Waals surface area contributed by atoms with Crippen LogP contribution in [0.3, 0.4) is 0 Å². The number of aromatic nitrogens is 1. The highest BCUT2D eigenvalue weighted by Crippen LogP contribution is 2.32. The van der Waals surface area contributed by atoms with Gasteiger partial charge in [-0.2, -0.15) is 0 Å². The molecule has 200 valence electrons. The summed E-state index contributed by atoms with van der Waals surface area (Å²) in [7, 11) is 1.75. The first-order valence-electron chi connectivity index (χ1n) is 13.6. The molecule has 0 saturated carbocycles. The Hall–Kier alpha value is -1.92. The molecule has 0 aliphatic carbocycles. The lowest BCUT2D eigenvalue weighted by molar-refractivity contribution is 0.0517. The third-order valence-corrected chi connectivity index (χ3v) is 6.43. The highest BCUT2D eigenvalue weighted by atomic mass is 19.1. The molecule has 1 aliphatic heterocycles. The van der Waals surface area contributed by atoms with Gasteiger partial charge in [0.05, 0.1) is 24.7 Å². The summed E-state index contributed by atoms with van der Waals surface area (Å²) < 4.78 is 30.2. The van der Waals surface area contributed by atoms with Crippen LogP contribution >= 0.6 is 0 Å². The fourth-order valence-electron chi connectivity index (χ4n) is 4.33. The Labute approximate surface area is 213 Å². The number of unbranched alkanes of at least 4 members (excludes halogenated alkanes) is 1. The predicted molar refractivity (Wildman–Crippen MR) is 144 cm³/mol. The number of methoxy groups -OCH3 is 1. The number of likely N-dealkylation sites (tertiary alicyclic amines) is 1. The van der Waals surface area contributed by atoms with Crippen LogP contribution in [0.2, 0.25) is 0 Å². The molecule has 2 heterocycles. The third-order valence-electron chi connectivity index (χ3n) is 6.43. The van der Waals surface area contributed by atoms with E-state index in [1.54, 1.807) is 13.2 Å². The predicted octanol–water partition coefficient (Wildman–Crippen LogP) is 8.10. The molecular formula is C29H49FN2O3. The van der Waals surface area contributed by atoms with E-state index in [0.29, 0.717) is 11.5 Å². The molecule has 0 spiro atoms. The second-order valence-corrected chi connectivity index (χ2v) is 8.68. The van der Waals surface area contributed by atoms with Crippen molar-refractivity contribution in [2.75, 3.05) is 33.4 Å². The normalized spacial score (nSPS) is 16.0. The van der Waals surface area contributed by atoms with E-state index in [9.17, 15) is 4.39 Å². The quantitative estimate of drug-likeness (QED) is 0.234. The standard InChI is InChI=1S/C25H37FN2O3.2C2H6/c1-5-18(2)23(29-4)16-19(3)30-15-7-6-12-28-13-10-20(11-14-28)25-22-9-8-21(26)17-24(22)31-27-25;2*1-2/h8-9,17,19-20H,5-7,10-16H2,1-4H3;2*1-2H3/b23-18-;;. The van der Waals surface area contributed by atoms with Gasteiger partial charge in [0.1, 0.15) is 5.82 Å². The molecule has 1 aliphatic rings. The topological polar surface area (TPSA) is 47.7 Å². The monoisotopic (exact) mass is 492 g/mol. The summed E-state index contributed by atoms with van der Waals surface area (Å²) in [5.74, 6) is 1.17. The smallest absolute Gasteiger partial charge is 0.170 e. The van der Waals surface area contributed by atoms with Crippen molar-refractivity contribution in [3.63, 3.8) is 0 Å². The number of hydrogen-bond donors (Lipinski definition) is 0. The lowest BCUT2D eigenvalue weighted by atomic mass is 9.91. The molecular weight excluding hydrogens is 443 g/mol. The Morgan fingerprint density at radius 3 is 2.49 bits per heavy atom. The van der Waals surface area contributed by atoms with Crippen LogP contribution in [0.4, 0.5) is 4.39 Å². The second-order valence-electron chi connectivity index (χ2n) is 8.68. The Bertz CT molecular complexity index is 857. The maximum Gasteiger partial charge on any atom is 0.170 e. The number of rotatable bonds is 11. The number of allylic oxidation sites excluding steroid dienone is 1. The SMILES string of the molecule is CC.CC.CC/C(C)=C(/CC(C)OCCCCN1CCC(c2noc3cc(F)ccc23)CC1)OC. The summed E-state index contributed by atoms with van der Waals surface area (Å²) in [6.45, 7) is 18.4. The van der Waals surface area contributed by atoms with E-state index >= 15 is 0 Å². The van der Waals surface area contributed by atoms with Crippen LogP contribution in [0, 0.1) is 5.82 Å². The molecule has 6 heteroatoms. The maximum atomic E-state index is 13.4. The number of halogens is 1. The molecule has 35 heavy (non-hydrogen) atoms. The third kappa shape index (κ3) is 9.92. The van der Waals surface area contributed by atoms with Gasteiger partial charge in [0.2, 0.25) is 0 Å². The lowest BCUT2D eigenvalue weighted by Gasteiger charge is -2.31. The number of benzene rings is 1. The van der Waals surface area contributed by atoms with Gasteiger partial charge in [0.15, 0.2) is 5.58 Å². The molecule has 2 aromatic rings. The molecule has 0 amide bonds. The van der Waals surface area contributed by atoms with Gasteiger partial charge in [-0.05, 0) is 83.3 Å². The Morgan fingerprint density at radius 2 is 1.86 bits per heavy atom. The molecule has 1 aromatic heterocycles. The van der Waals surface area contributed by atoms with E-state index in [4.69, 9.17) is 14.0 Å². The summed E-state index contributed by atoms with van der Waals surface area (Å²) in [6, 6.07) is 4.69. The minimum Gasteiger partial charge on any atom is -0.501 e. The molecule has 5 nitrogen and oxygen atoms in total. The molecule has 1 fully saturated rings. The number of fused-ring (bicyclic) bond motifs is 1. The average Bonchev–Trinajstić information content (AvgIpc) is 3.32. The number of piperidine rings is 1. The van der Waals surface area contributed by atoms with Crippen LogP contribution in [0.15, 0.2) is 34.1 Å². The van der Waals surface area contributed by atoms with Crippen molar-refractivity contribution in [2.24, 2.45) is 0 Å². The minimum atomic E-state index is -0.282. The summed E-state index contributed by atoms with van der Waals surface area (Å²) in [5.41, 5.74) is 2.83. The van der Waals surface area contributed by atoms with Crippen molar-refractivity contribution >= 4 is 11.0 Å². The largest absolute Gasteiger partial charge is 0.501 e. The first-order chi connectivity index (χ1) is 17.0. The van der Waals surface area contributed by atoms with Gasteiger partial charge in [-0.25, -0.2) is 4.39 Å². The molecule has 3 rings (SSSR count). The number of nitrogens with zero attached hydrogens (tertiary/aromatic N) is 2. The zero-order valence-corrected chi connectivity index (χ0v) is 23.5. The van der Waals surface area contributed by atoms with Crippen LogP contribution < -0.4 is 0 Å². The molecule has 1 unspecified atom stereocenters. The molecule has 1 aromatic carbocycles. The van der Waals surface area contributed by atoms with E-state index in [0.717, 1.165) is 81.6 Å². The Balaban J connectivity index is 0.00000145. The van der Waals surface area contributed by atoms with Crippen molar-refractivity contribution < 1.29 is 18.4 Å². The molecule has 0 bridgehead atoms. The fraction of sp³-hybridized carbons (Fsp3) is 0.690. The Morgan fingerprint density at radius 1 is 1.17 bits per heavy atom. The summed E-state index contributed by atoms with van der Waals surface area (Å²) in [6.07, 6.45) is 6.38. The zero-order valence-electron chi connectivity index (χ0n) is 23.5. The molecule has 0 N–H and O–H groups in total. The fourth-order valence-corrected chi connectivity index (χ4v) is 4.33. The van der Waals surface area contributed by atoms with Gasteiger partial charge < -0.3 is 18.9 Å². The average molecular weight is 493 g/mol. The van der Waals surface area contributed by atoms with Gasteiger partial charge >= 0.3 is 0 Å². The highest BCUT2D eigenvalue weighted by Gasteiger charge is 2.25. The number of ether oxygens (including phenoxy) is 2. The maximum absolute atomic E-state index is 13.4. The highest BCUT2D eigenvalue weighted by molar-refractivity contribution is 5.79. The van der Waals surface area contributed by atoms with Crippen molar-refractivity contribution in [2.45, 2.75) is 99.0 Å². The molecule has 1 saturated heterocycles. The lowest BCUT2D eigenvalue weighted by Crippen LogP contribution is -2.34. The van der Waals surface area contributed by atoms with Crippen molar-refractivity contribution in [1.29, 1.82) is 0 Å². The van der Waals surface area contributed by atoms with E-state index in [1.807, 2.05) is 27.7 Å². The van der Waals surface area contributed by atoms with Crippen molar-refractivity contribution in [3.8, 4) is 0 Å². The van der Waals surface area contributed by atoms with E-state index in [1.165, 1.54) is 17.7 Å². The Kier molecular flexibility index (Phi) is 15.6. The van der Waals surface area contributed by atoms with Crippen molar-refractivity contribution in [3.05, 3.63) is 41.0 Å². The summed E-state index contributed by atoms with van der Waals surface area (Å²) in [5, 5.41) is 5.19. The van der Waals surface area contributed by atoms with Gasteiger partial charge in [0.25, 0.3) is 0 Å². The molecule has 1 atom stereocenters. The van der Waals surface area contributed by atoms with Crippen LogP contribution in [-0.4, -0.2) is 49.5 Å². The zero-order chi connectivity index (χ0) is 26.2. The van der Waals surface area contributed by atoms with Gasteiger partial charge in [-0.1, -0.05) is 39.8 Å². The first-order valence-corrected chi connectivity index (χ1v) is 13.6.